The molecule has 3 N–H and O–H groups in total. The van der Waals surface area contributed by atoms with Gasteiger partial charge in [0.1, 0.15) is 5.75 Å². The summed E-state index contributed by atoms with van der Waals surface area (Å²) in [4.78, 5) is 11.2. The van der Waals surface area contributed by atoms with Gasteiger partial charge in [-0.25, -0.2) is 9.18 Å². The average molecular weight is 306 g/mol. The summed E-state index contributed by atoms with van der Waals surface area (Å²) >= 11 is 3.18. The zero-order valence-corrected chi connectivity index (χ0v) is 10.8. The summed E-state index contributed by atoms with van der Waals surface area (Å²) in [6.07, 6.45) is -1.96. The molecule has 94 valence electrons. The van der Waals surface area contributed by atoms with Crippen molar-refractivity contribution in [3.8, 4) is 5.75 Å². The van der Waals surface area contributed by atoms with Crippen LogP contribution < -0.4 is 5.73 Å². The minimum atomic E-state index is -1.96. The second kappa shape index (κ2) is 5.97. The summed E-state index contributed by atoms with van der Waals surface area (Å²) in [7, 11) is 0. The topological polar surface area (TPSA) is 72.5 Å². The van der Waals surface area contributed by atoms with Crippen molar-refractivity contribution in [2.24, 2.45) is 5.73 Å². The fourth-order valence-electron chi connectivity index (χ4n) is 1.31. The van der Waals surface area contributed by atoms with E-state index in [4.69, 9.17) is 5.73 Å². The van der Waals surface area contributed by atoms with E-state index in [1.165, 1.54) is 18.2 Å². The molecule has 17 heavy (non-hydrogen) atoms. The molecule has 0 amide bonds. The van der Waals surface area contributed by atoms with Crippen molar-refractivity contribution < 1.29 is 19.0 Å². The standard InChI is InChI=1S/C11H13BrFNO3/c1-2-17-11(16)9(13)10(14)7-5-6(15)3-4-8(7)12/h3-5,9-10,15H,2,14H2,1H3/t9?,10-/m0/s1. The predicted octanol–water partition coefficient (Wildman–Crippen LogP) is 2.06. The zero-order chi connectivity index (χ0) is 13.0. The first-order valence-corrected chi connectivity index (χ1v) is 5.81. The van der Waals surface area contributed by atoms with Crippen LogP contribution >= 0.6 is 15.9 Å². The van der Waals surface area contributed by atoms with Gasteiger partial charge in [-0.2, -0.15) is 0 Å². The number of carbonyl (C=O) groups excluding carboxylic acids is 1. The smallest absolute Gasteiger partial charge is 0.342 e. The molecule has 1 aromatic carbocycles. The van der Waals surface area contributed by atoms with Gasteiger partial charge in [-0.15, -0.1) is 0 Å². The molecule has 0 aliphatic rings. The molecule has 0 aromatic heterocycles. The van der Waals surface area contributed by atoms with Crippen molar-refractivity contribution >= 4 is 21.9 Å². The van der Waals surface area contributed by atoms with Gasteiger partial charge in [0.15, 0.2) is 0 Å². The first-order valence-electron chi connectivity index (χ1n) is 5.02. The molecular weight excluding hydrogens is 293 g/mol. The molecule has 0 aliphatic carbocycles. The monoisotopic (exact) mass is 305 g/mol. The number of alkyl halides is 1. The number of carbonyl (C=O) groups is 1. The number of halogens is 2. The van der Waals surface area contributed by atoms with Gasteiger partial charge >= 0.3 is 5.97 Å². The summed E-state index contributed by atoms with van der Waals surface area (Å²) in [5, 5.41) is 9.30. The molecule has 4 nitrogen and oxygen atoms in total. The lowest BCUT2D eigenvalue weighted by Crippen LogP contribution is -2.31. The number of hydrogen-bond acceptors (Lipinski definition) is 4. The Morgan fingerprint density at radius 1 is 1.65 bits per heavy atom. The molecule has 0 saturated heterocycles. The summed E-state index contributed by atoms with van der Waals surface area (Å²) in [5.74, 6) is -1.05. The quantitative estimate of drug-likeness (QED) is 0.835. The lowest BCUT2D eigenvalue weighted by atomic mass is 10.0. The Bertz CT molecular complexity index is 414. The maximum atomic E-state index is 13.7. The molecule has 1 aromatic rings. The molecule has 0 fully saturated rings. The number of ether oxygens (including phenoxy) is 1. The van der Waals surface area contributed by atoms with E-state index in [-0.39, 0.29) is 12.4 Å². The van der Waals surface area contributed by atoms with Gasteiger partial charge in [-0.05, 0) is 30.7 Å². The normalized spacial score (nSPS) is 14.1. The van der Waals surface area contributed by atoms with Crippen LogP contribution in [0.3, 0.4) is 0 Å². The van der Waals surface area contributed by atoms with Gasteiger partial charge in [-0.3, -0.25) is 0 Å². The maximum Gasteiger partial charge on any atom is 0.342 e. The second-order valence-electron chi connectivity index (χ2n) is 3.39. The van der Waals surface area contributed by atoms with Crippen LogP contribution in [0.25, 0.3) is 0 Å². The summed E-state index contributed by atoms with van der Waals surface area (Å²) in [6, 6.07) is 3.08. The molecular formula is C11H13BrFNO3. The van der Waals surface area contributed by atoms with Gasteiger partial charge < -0.3 is 15.6 Å². The third-order valence-corrected chi connectivity index (χ3v) is 2.89. The first-order chi connectivity index (χ1) is 7.97. The number of benzene rings is 1. The highest BCUT2D eigenvalue weighted by atomic mass is 79.9. The van der Waals surface area contributed by atoms with Crippen molar-refractivity contribution in [3.05, 3.63) is 28.2 Å². The number of hydrogen-bond donors (Lipinski definition) is 2. The van der Waals surface area contributed by atoms with E-state index >= 15 is 0 Å². The van der Waals surface area contributed by atoms with E-state index in [0.29, 0.717) is 10.0 Å². The highest BCUT2D eigenvalue weighted by Gasteiger charge is 2.29. The van der Waals surface area contributed by atoms with Gasteiger partial charge in [0.25, 0.3) is 0 Å². The molecule has 0 saturated carbocycles. The Morgan fingerprint density at radius 3 is 2.88 bits per heavy atom. The lowest BCUT2D eigenvalue weighted by Gasteiger charge is -2.17. The highest BCUT2D eigenvalue weighted by Crippen LogP contribution is 2.29. The minimum absolute atomic E-state index is 0.0466. The number of esters is 1. The van der Waals surface area contributed by atoms with Gasteiger partial charge in [0.2, 0.25) is 6.17 Å². The number of phenols is 1. The van der Waals surface area contributed by atoms with Crippen molar-refractivity contribution in [2.75, 3.05) is 6.61 Å². The van der Waals surface area contributed by atoms with Gasteiger partial charge in [-0.1, -0.05) is 15.9 Å². The summed E-state index contributed by atoms with van der Waals surface area (Å²) in [6.45, 7) is 1.67. The van der Waals surface area contributed by atoms with Crippen LogP contribution in [0.5, 0.6) is 5.75 Å². The van der Waals surface area contributed by atoms with Crippen molar-refractivity contribution in [2.45, 2.75) is 19.1 Å². The summed E-state index contributed by atoms with van der Waals surface area (Å²) < 4.78 is 18.7. The van der Waals surface area contributed by atoms with Crippen LogP contribution in [0.15, 0.2) is 22.7 Å². The maximum absolute atomic E-state index is 13.7. The molecule has 0 spiro atoms. The zero-order valence-electron chi connectivity index (χ0n) is 9.19. The van der Waals surface area contributed by atoms with E-state index in [1.54, 1.807) is 6.92 Å². The van der Waals surface area contributed by atoms with Gasteiger partial charge in [0, 0.05) is 4.47 Å². The Labute approximate surface area is 107 Å². The SMILES string of the molecule is CCOC(=O)C(F)[C@@H](N)c1cc(O)ccc1Br. The number of phenolic OH excluding ortho intramolecular Hbond substituents is 1. The van der Waals surface area contributed by atoms with Crippen molar-refractivity contribution in [1.29, 1.82) is 0 Å². The Balaban J connectivity index is 2.91. The van der Waals surface area contributed by atoms with Crippen LogP contribution in [0, 0.1) is 0 Å². The largest absolute Gasteiger partial charge is 0.508 e. The number of aromatic hydroxyl groups is 1. The summed E-state index contributed by atoms with van der Waals surface area (Å²) in [5.41, 5.74) is 5.93. The molecule has 2 atom stereocenters. The highest BCUT2D eigenvalue weighted by molar-refractivity contribution is 9.10. The average Bonchev–Trinajstić information content (AvgIpc) is 2.30. The Hall–Kier alpha value is -1.14. The molecule has 0 radical (unpaired) electrons. The van der Waals surface area contributed by atoms with E-state index < -0.39 is 18.2 Å². The van der Waals surface area contributed by atoms with Crippen LogP contribution in [-0.4, -0.2) is 23.9 Å². The molecule has 1 unspecified atom stereocenters. The fourth-order valence-corrected chi connectivity index (χ4v) is 1.82. The minimum Gasteiger partial charge on any atom is -0.508 e. The van der Waals surface area contributed by atoms with Crippen molar-refractivity contribution in [3.63, 3.8) is 0 Å². The third-order valence-electron chi connectivity index (χ3n) is 2.17. The lowest BCUT2D eigenvalue weighted by molar-refractivity contribution is -0.149. The Kier molecular flexibility index (Phi) is 4.89. The van der Waals surface area contributed by atoms with E-state index in [0.717, 1.165) is 0 Å². The molecule has 0 aliphatic heterocycles. The van der Waals surface area contributed by atoms with Gasteiger partial charge in [0.05, 0.1) is 12.6 Å². The van der Waals surface area contributed by atoms with E-state index in [9.17, 15) is 14.3 Å². The van der Waals surface area contributed by atoms with Crippen molar-refractivity contribution in [1.82, 2.24) is 0 Å². The number of nitrogens with two attached hydrogens (primary N) is 1. The Morgan fingerprint density at radius 2 is 2.29 bits per heavy atom. The molecule has 0 bridgehead atoms. The number of rotatable bonds is 4. The van der Waals surface area contributed by atoms with E-state index in [2.05, 4.69) is 20.7 Å². The van der Waals surface area contributed by atoms with Crippen LogP contribution in [0.1, 0.15) is 18.5 Å². The van der Waals surface area contributed by atoms with E-state index in [1.807, 2.05) is 0 Å². The van der Waals surface area contributed by atoms with Crippen LogP contribution in [-0.2, 0) is 9.53 Å². The third kappa shape index (κ3) is 3.41. The molecule has 6 heteroatoms. The molecule has 1 rings (SSSR count). The fraction of sp³-hybridized carbons (Fsp3) is 0.364. The van der Waals surface area contributed by atoms with Crippen LogP contribution in [0.2, 0.25) is 0 Å². The molecule has 0 heterocycles. The predicted molar refractivity (Wildman–Crippen MR) is 64.3 cm³/mol. The van der Waals surface area contributed by atoms with Crippen LogP contribution in [0.4, 0.5) is 4.39 Å². The second-order valence-corrected chi connectivity index (χ2v) is 4.24. The first kappa shape index (κ1) is 13.9.